The fourth-order valence-corrected chi connectivity index (χ4v) is 4.12. The molecule has 0 spiro atoms. The van der Waals surface area contributed by atoms with Gasteiger partial charge in [-0.3, -0.25) is 4.90 Å². The number of aromatic nitrogens is 4. The van der Waals surface area contributed by atoms with Crippen molar-refractivity contribution in [3.63, 3.8) is 0 Å². The van der Waals surface area contributed by atoms with E-state index in [-0.39, 0.29) is 0 Å². The van der Waals surface area contributed by atoms with E-state index in [0.717, 1.165) is 55.6 Å². The van der Waals surface area contributed by atoms with E-state index in [9.17, 15) is 0 Å². The molecule has 0 saturated carbocycles. The minimum atomic E-state index is 0.468. The molecular formula is C25H29N7O3. The number of rotatable bonds is 8. The Bertz CT molecular complexity index is 1280. The van der Waals surface area contributed by atoms with Gasteiger partial charge in [0.05, 0.1) is 44.2 Å². The molecule has 10 nitrogen and oxygen atoms in total. The maximum atomic E-state index is 6.61. The molecule has 0 atom stereocenters. The molecule has 35 heavy (non-hydrogen) atoms. The standard InChI is InChI=1S/C25H29N7O3/c1-33-19-7-3-17(4-8-19)22-21-23(26)32(18-5-9-20(34-2)10-6-18)30-24(21)29-25(28-22)27-11-12-31-13-15-35-16-14-31/h3-10H,11-16,26H2,1-2H3,(H,27,29,30). The quantitative estimate of drug-likeness (QED) is 0.397. The lowest BCUT2D eigenvalue weighted by Crippen LogP contribution is -2.39. The zero-order valence-corrected chi connectivity index (χ0v) is 19.9. The van der Waals surface area contributed by atoms with Crippen LogP contribution in [0.15, 0.2) is 48.5 Å². The van der Waals surface area contributed by atoms with Crippen molar-refractivity contribution in [2.75, 3.05) is 64.7 Å². The van der Waals surface area contributed by atoms with Crippen molar-refractivity contribution in [2.45, 2.75) is 0 Å². The first-order chi connectivity index (χ1) is 17.2. The van der Waals surface area contributed by atoms with Crippen LogP contribution in [-0.4, -0.2) is 78.3 Å². The first kappa shape index (κ1) is 22.9. The van der Waals surface area contributed by atoms with Gasteiger partial charge in [-0.05, 0) is 48.5 Å². The Morgan fingerprint density at radius 1 is 0.943 bits per heavy atom. The van der Waals surface area contributed by atoms with E-state index in [0.29, 0.717) is 35.0 Å². The van der Waals surface area contributed by atoms with Crippen molar-refractivity contribution in [3.05, 3.63) is 48.5 Å². The van der Waals surface area contributed by atoms with Gasteiger partial charge in [-0.2, -0.15) is 4.98 Å². The van der Waals surface area contributed by atoms with Crippen molar-refractivity contribution in [3.8, 4) is 28.4 Å². The summed E-state index contributed by atoms with van der Waals surface area (Å²) in [4.78, 5) is 11.9. The monoisotopic (exact) mass is 475 g/mol. The van der Waals surface area contributed by atoms with E-state index >= 15 is 0 Å². The van der Waals surface area contributed by atoms with Crippen LogP contribution in [0.4, 0.5) is 11.8 Å². The minimum absolute atomic E-state index is 0.468. The number of benzene rings is 2. The molecule has 1 fully saturated rings. The number of methoxy groups -OCH3 is 2. The van der Waals surface area contributed by atoms with Gasteiger partial charge in [-0.25, -0.2) is 9.67 Å². The van der Waals surface area contributed by atoms with E-state index in [1.807, 2.05) is 48.5 Å². The maximum Gasteiger partial charge on any atom is 0.225 e. The highest BCUT2D eigenvalue weighted by atomic mass is 16.5. The molecule has 2 aromatic carbocycles. The molecule has 0 unspecified atom stereocenters. The lowest BCUT2D eigenvalue weighted by molar-refractivity contribution is 0.0398. The molecule has 0 aliphatic carbocycles. The lowest BCUT2D eigenvalue weighted by Gasteiger charge is -2.26. The number of morpholine rings is 1. The van der Waals surface area contributed by atoms with E-state index < -0.39 is 0 Å². The largest absolute Gasteiger partial charge is 0.497 e. The Kier molecular flexibility index (Phi) is 6.64. The maximum absolute atomic E-state index is 6.61. The average Bonchev–Trinajstić information content (AvgIpc) is 3.25. The minimum Gasteiger partial charge on any atom is -0.497 e. The third-order valence-electron chi connectivity index (χ3n) is 6.06. The number of nitrogens with two attached hydrogens (primary N) is 1. The Labute approximate surface area is 203 Å². The van der Waals surface area contributed by atoms with E-state index in [4.69, 9.17) is 35.0 Å². The summed E-state index contributed by atoms with van der Waals surface area (Å²) in [6.45, 7) is 4.99. The van der Waals surface area contributed by atoms with Crippen LogP contribution in [0.1, 0.15) is 0 Å². The molecule has 4 aromatic rings. The third kappa shape index (κ3) is 4.84. The molecule has 2 aromatic heterocycles. The summed E-state index contributed by atoms with van der Waals surface area (Å²) < 4.78 is 17.7. The average molecular weight is 476 g/mol. The first-order valence-electron chi connectivity index (χ1n) is 11.6. The van der Waals surface area contributed by atoms with Crippen LogP contribution < -0.4 is 20.5 Å². The molecule has 1 aliphatic heterocycles. The van der Waals surface area contributed by atoms with Crippen molar-refractivity contribution >= 4 is 22.8 Å². The van der Waals surface area contributed by atoms with Gasteiger partial charge >= 0.3 is 0 Å². The van der Waals surface area contributed by atoms with Crippen LogP contribution in [0.2, 0.25) is 0 Å². The van der Waals surface area contributed by atoms with Crippen LogP contribution in [0.25, 0.3) is 28.0 Å². The van der Waals surface area contributed by atoms with Gasteiger partial charge in [0.1, 0.15) is 17.3 Å². The van der Waals surface area contributed by atoms with Crippen molar-refractivity contribution in [1.82, 2.24) is 24.6 Å². The van der Waals surface area contributed by atoms with Crippen LogP contribution in [0, 0.1) is 0 Å². The van der Waals surface area contributed by atoms with Gasteiger partial charge in [0.15, 0.2) is 5.65 Å². The smallest absolute Gasteiger partial charge is 0.225 e. The molecular weight excluding hydrogens is 446 g/mol. The number of anilines is 2. The summed E-state index contributed by atoms with van der Waals surface area (Å²) in [6, 6.07) is 15.3. The predicted octanol–water partition coefficient (Wildman–Crippen LogP) is 2.83. The summed E-state index contributed by atoms with van der Waals surface area (Å²) in [5.74, 6) is 2.51. The normalized spacial score (nSPS) is 14.2. The Hall–Kier alpha value is -3.89. The molecule has 10 heteroatoms. The molecule has 0 amide bonds. The van der Waals surface area contributed by atoms with Crippen LogP contribution in [-0.2, 0) is 4.74 Å². The second-order valence-corrected chi connectivity index (χ2v) is 8.20. The second kappa shape index (κ2) is 10.2. The molecule has 3 heterocycles. The first-order valence-corrected chi connectivity index (χ1v) is 11.6. The van der Waals surface area contributed by atoms with Crippen LogP contribution in [0.5, 0.6) is 11.5 Å². The molecule has 1 saturated heterocycles. The number of hydrogen-bond donors (Lipinski definition) is 2. The highest BCUT2D eigenvalue weighted by molar-refractivity contribution is 5.99. The lowest BCUT2D eigenvalue weighted by atomic mass is 10.1. The summed E-state index contributed by atoms with van der Waals surface area (Å²) in [6.07, 6.45) is 0. The number of ether oxygens (including phenoxy) is 3. The van der Waals surface area contributed by atoms with Gasteiger partial charge in [-0.15, -0.1) is 5.10 Å². The van der Waals surface area contributed by atoms with Crippen LogP contribution >= 0.6 is 0 Å². The summed E-state index contributed by atoms with van der Waals surface area (Å²) in [5.41, 5.74) is 9.55. The zero-order chi connectivity index (χ0) is 24.2. The second-order valence-electron chi connectivity index (χ2n) is 8.20. The van der Waals surface area contributed by atoms with Gasteiger partial charge in [0.2, 0.25) is 5.95 Å². The number of fused-ring (bicyclic) bond motifs is 1. The van der Waals surface area contributed by atoms with Gasteiger partial charge < -0.3 is 25.3 Å². The van der Waals surface area contributed by atoms with Crippen molar-refractivity contribution in [2.24, 2.45) is 0 Å². The van der Waals surface area contributed by atoms with Gasteiger partial charge in [-0.1, -0.05) is 0 Å². The summed E-state index contributed by atoms with van der Waals surface area (Å²) in [5, 5.41) is 8.79. The number of nitrogens with zero attached hydrogens (tertiary/aromatic N) is 5. The number of nitrogen functional groups attached to an aromatic ring is 1. The van der Waals surface area contributed by atoms with Gasteiger partial charge in [0, 0.05) is 31.7 Å². The topological polar surface area (TPSA) is 113 Å². The van der Waals surface area contributed by atoms with Crippen LogP contribution in [0.3, 0.4) is 0 Å². The molecule has 0 radical (unpaired) electrons. The summed E-state index contributed by atoms with van der Waals surface area (Å²) in [7, 11) is 3.28. The molecule has 5 rings (SSSR count). The number of nitrogens with one attached hydrogen (secondary N) is 1. The predicted molar refractivity (Wildman–Crippen MR) is 135 cm³/mol. The highest BCUT2D eigenvalue weighted by Crippen LogP contribution is 2.33. The Morgan fingerprint density at radius 3 is 2.26 bits per heavy atom. The number of hydrogen-bond acceptors (Lipinski definition) is 9. The Morgan fingerprint density at radius 2 is 1.60 bits per heavy atom. The third-order valence-corrected chi connectivity index (χ3v) is 6.06. The zero-order valence-electron chi connectivity index (χ0n) is 19.9. The SMILES string of the molecule is COc1ccc(-c2nc(NCCN3CCOCC3)nc3nn(-c4ccc(OC)cc4)c(N)c23)cc1. The Balaban J connectivity index is 1.52. The molecule has 0 bridgehead atoms. The molecule has 3 N–H and O–H groups in total. The fraction of sp³-hybridized carbons (Fsp3) is 0.320. The highest BCUT2D eigenvalue weighted by Gasteiger charge is 2.20. The van der Waals surface area contributed by atoms with Crippen molar-refractivity contribution in [1.29, 1.82) is 0 Å². The van der Waals surface area contributed by atoms with E-state index in [1.54, 1.807) is 18.9 Å². The fourth-order valence-electron chi connectivity index (χ4n) is 4.12. The van der Waals surface area contributed by atoms with Crippen molar-refractivity contribution < 1.29 is 14.2 Å². The molecule has 1 aliphatic rings. The van der Waals surface area contributed by atoms with Gasteiger partial charge in [0.25, 0.3) is 0 Å². The molecule has 182 valence electrons. The van der Waals surface area contributed by atoms with E-state index in [1.165, 1.54) is 0 Å². The van der Waals surface area contributed by atoms with E-state index in [2.05, 4.69) is 10.2 Å². The summed E-state index contributed by atoms with van der Waals surface area (Å²) >= 11 is 0.